The van der Waals surface area contributed by atoms with Gasteiger partial charge in [0.2, 0.25) is 23.6 Å². The summed E-state index contributed by atoms with van der Waals surface area (Å²) in [5, 5.41) is 25.3. The predicted molar refractivity (Wildman–Crippen MR) is 126 cm³/mol. The van der Waals surface area contributed by atoms with Crippen LogP contribution in [0.3, 0.4) is 0 Å². The Morgan fingerprint density at radius 1 is 0.886 bits per heavy atom. The van der Waals surface area contributed by atoms with Crippen LogP contribution < -0.4 is 38.9 Å². The smallest absolute Gasteiger partial charge is 0.328 e. The van der Waals surface area contributed by atoms with Crippen LogP contribution in [0.4, 0.5) is 0 Å². The average molecular weight is 503 g/mol. The second-order valence-electron chi connectivity index (χ2n) is 8.07. The first-order valence-corrected chi connectivity index (χ1v) is 11.2. The molecule has 0 rings (SSSR count). The summed E-state index contributed by atoms with van der Waals surface area (Å²) in [4.78, 5) is 64.3. The van der Waals surface area contributed by atoms with Crippen molar-refractivity contribution in [2.45, 2.75) is 70.1 Å². The van der Waals surface area contributed by atoms with E-state index in [1.807, 2.05) is 6.92 Å². The van der Waals surface area contributed by atoms with Gasteiger partial charge in [-0.15, -0.1) is 0 Å². The van der Waals surface area contributed by atoms with Crippen LogP contribution in [0.2, 0.25) is 0 Å². The third kappa shape index (κ3) is 12.5. The summed E-state index contributed by atoms with van der Waals surface area (Å²) in [6.07, 6.45) is 0.445. The van der Waals surface area contributed by atoms with Gasteiger partial charge >= 0.3 is 5.97 Å². The van der Waals surface area contributed by atoms with Crippen molar-refractivity contribution in [2.75, 3.05) is 13.2 Å². The van der Waals surface area contributed by atoms with E-state index in [4.69, 9.17) is 28.0 Å². The summed E-state index contributed by atoms with van der Waals surface area (Å²) in [5.74, 6) is -4.86. The van der Waals surface area contributed by atoms with E-state index in [0.29, 0.717) is 6.42 Å². The number of nitrogens with one attached hydrogen (secondary N) is 3. The number of aliphatic carboxylic acids is 1. The van der Waals surface area contributed by atoms with E-state index in [1.165, 1.54) is 0 Å². The maximum Gasteiger partial charge on any atom is 0.328 e. The molecule has 0 saturated carbocycles. The van der Waals surface area contributed by atoms with Gasteiger partial charge in [0.15, 0.2) is 5.96 Å². The first-order valence-electron chi connectivity index (χ1n) is 11.2. The Kier molecular flexibility index (Phi) is 14.6. The van der Waals surface area contributed by atoms with Gasteiger partial charge in [0.25, 0.3) is 0 Å². The fraction of sp³-hybridized carbons (Fsp3) is 0.700. The van der Waals surface area contributed by atoms with Gasteiger partial charge in [-0.05, 0) is 25.2 Å². The number of amides is 4. The molecular weight excluding hydrogens is 464 g/mol. The van der Waals surface area contributed by atoms with E-state index in [9.17, 15) is 29.1 Å². The van der Waals surface area contributed by atoms with E-state index < -0.39 is 60.4 Å². The van der Waals surface area contributed by atoms with Crippen LogP contribution in [-0.2, 0) is 24.0 Å². The molecule has 0 saturated heterocycles. The number of hydrogen-bond donors (Lipinski definition) is 9. The Bertz CT molecular complexity index is 773. The summed E-state index contributed by atoms with van der Waals surface area (Å²) in [6.45, 7) is 2.85. The van der Waals surface area contributed by atoms with E-state index in [-0.39, 0.29) is 44.1 Å². The number of primary amides is 1. The zero-order valence-corrected chi connectivity index (χ0v) is 20.0. The quantitative estimate of drug-likeness (QED) is 0.0531. The predicted octanol–water partition coefficient (Wildman–Crippen LogP) is -3.79. The fourth-order valence-electron chi connectivity index (χ4n) is 2.84. The van der Waals surface area contributed by atoms with Crippen LogP contribution in [0.5, 0.6) is 0 Å². The number of nitrogens with zero attached hydrogens (tertiary/aromatic N) is 1. The highest BCUT2D eigenvalue weighted by Crippen LogP contribution is 2.08. The van der Waals surface area contributed by atoms with E-state index in [1.54, 1.807) is 6.92 Å². The van der Waals surface area contributed by atoms with Gasteiger partial charge in [-0.1, -0.05) is 20.3 Å². The number of guanidine groups is 1. The van der Waals surface area contributed by atoms with Crippen LogP contribution in [0.15, 0.2) is 4.99 Å². The summed E-state index contributed by atoms with van der Waals surface area (Å²) in [7, 11) is 0. The molecular formula is C20H38N8O7. The van der Waals surface area contributed by atoms with Crippen molar-refractivity contribution in [3.05, 3.63) is 0 Å². The van der Waals surface area contributed by atoms with Crippen molar-refractivity contribution < 1.29 is 34.2 Å². The maximum atomic E-state index is 13.0. The molecule has 0 spiro atoms. The van der Waals surface area contributed by atoms with Gasteiger partial charge in [-0.2, -0.15) is 0 Å². The van der Waals surface area contributed by atoms with Crippen molar-refractivity contribution in [2.24, 2.45) is 33.8 Å². The second kappa shape index (κ2) is 16.2. The van der Waals surface area contributed by atoms with Gasteiger partial charge < -0.3 is 49.1 Å². The minimum atomic E-state index is -1.60. The third-order valence-electron chi connectivity index (χ3n) is 5.25. The highest BCUT2D eigenvalue weighted by atomic mass is 16.4. The Morgan fingerprint density at radius 3 is 1.86 bits per heavy atom. The van der Waals surface area contributed by atoms with Gasteiger partial charge in [0.1, 0.15) is 18.1 Å². The number of carboxylic acid groups (broad SMARTS) is 1. The molecule has 15 heteroatoms. The largest absolute Gasteiger partial charge is 0.480 e. The summed E-state index contributed by atoms with van der Waals surface area (Å²) >= 11 is 0. The van der Waals surface area contributed by atoms with Gasteiger partial charge in [-0.3, -0.25) is 24.2 Å². The standard InChI is InChI=1S/C20H38N8O7/c1-3-10(2)15(22)18(33)27-12(6-7-14(21)30)17(32)26-11(5-4-8-25-20(23)24)16(31)28-13(9-29)19(34)35/h10-13,15,29H,3-9,22H2,1-2H3,(H2,21,30)(H,26,32)(H,27,33)(H,28,31)(H,34,35)(H4,23,24,25). The number of carbonyl (C=O) groups excluding carboxylic acids is 4. The van der Waals surface area contributed by atoms with Gasteiger partial charge in [-0.25, -0.2) is 4.79 Å². The van der Waals surface area contributed by atoms with Gasteiger partial charge in [0, 0.05) is 13.0 Å². The Hall–Kier alpha value is -3.46. The molecule has 200 valence electrons. The number of aliphatic hydroxyl groups excluding tert-OH is 1. The van der Waals surface area contributed by atoms with Crippen molar-refractivity contribution in [1.29, 1.82) is 0 Å². The minimum absolute atomic E-state index is 0.00497. The first-order chi connectivity index (χ1) is 16.3. The number of aliphatic imine (C=N–C) groups is 1. The lowest BCUT2D eigenvalue weighted by atomic mass is 9.98. The number of carbonyl (C=O) groups is 5. The molecule has 15 nitrogen and oxygen atoms in total. The SMILES string of the molecule is CCC(C)C(N)C(=O)NC(CCC(N)=O)C(=O)NC(CCCN=C(N)N)C(=O)NC(CO)C(=O)O. The highest BCUT2D eigenvalue weighted by molar-refractivity contribution is 5.94. The lowest BCUT2D eigenvalue weighted by Gasteiger charge is -2.25. The number of nitrogens with two attached hydrogens (primary N) is 4. The topological polar surface area (TPSA) is 278 Å². The van der Waals surface area contributed by atoms with Crippen LogP contribution in [-0.4, -0.2) is 83.1 Å². The maximum absolute atomic E-state index is 13.0. The summed E-state index contributed by atoms with van der Waals surface area (Å²) in [6, 6.07) is -5.02. The Balaban J connectivity index is 5.62. The van der Waals surface area contributed by atoms with Crippen molar-refractivity contribution >= 4 is 35.6 Å². The van der Waals surface area contributed by atoms with Gasteiger partial charge in [0.05, 0.1) is 12.6 Å². The molecule has 4 amide bonds. The number of hydrogen-bond acceptors (Lipinski definition) is 8. The molecule has 0 aliphatic carbocycles. The molecule has 0 aromatic heterocycles. The second-order valence-corrected chi connectivity index (χ2v) is 8.07. The van der Waals surface area contributed by atoms with E-state index in [0.717, 1.165) is 0 Å². The van der Waals surface area contributed by atoms with Crippen molar-refractivity contribution in [3.63, 3.8) is 0 Å². The number of aliphatic hydroxyl groups is 1. The zero-order chi connectivity index (χ0) is 27.1. The number of carboxylic acids is 1. The van der Waals surface area contributed by atoms with Crippen LogP contribution in [0, 0.1) is 5.92 Å². The number of rotatable bonds is 17. The highest BCUT2D eigenvalue weighted by Gasteiger charge is 2.30. The molecule has 35 heavy (non-hydrogen) atoms. The molecule has 0 radical (unpaired) electrons. The zero-order valence-electron chi connectivity index (χ0n) is 20.0. The fourth-order valence-corrected chi connectivity index (χ4v) is 2.84. The molecule has 5 unspecified atom stereocenters. The Morgan fingerprint density at radius 2 is 1.40 bits per heavy atom. The lowest BCUT2D eigenvalue weighted by molar-refractivity contribution is -0.143. The third-order valence-corrected chi connectivity index (χ3v) is 5.25. The Labute approximate surface area is 203 Å². The van der Waals surface area contributed by atoms with Crippen LogP contribution in [0.1, 0.15) is 46.0 Å². The molecule has 0 aromatic rings. The van der Waals surface area contributed by atoms with Crippen molar-refractivity contribution in [1.82, 2.24) is 16.0 Å². The molecule has 0 bridgehead atoms. The van der Waals surface area contributed by atoms with Crippen molar-refractivity contribution in [3.8, 4) is 0 Å². The van der Waals surface area contributed by atoms with Crippen LogP contribution in [0.25, 0.3) is 0 Å². The summed E-state index contributed by atoms with van der Waals surface area (Å²) < 4.78 is 0. The first kappa shape index (κ1) is 31.5. The minimum Gasteiger partial charge on any atom is -0.480 e. The van der Waals surface area contributed by atoms with Crippen LogP contribution >= 0.6 is 0 Å². The molecule has 0 heterocycles. The average Bonchev–Trinajstić information content (AvgIpc) is 2.79. The summed E-state index contributed by atoms with van der Waals surface area (Å²) in [5.41, 5.74) is 21.6. The molecule has 0 aliphatic rings. The van der Waals surface area contributed by atoms with E-state index in [2.05, 4.69) is 20.9 Å². The monoisotopic (exact) mass is 502 g/mol. The molecule has 5 atom stereocenters. The molecule has 13 N–H and O–H groups in total. The molecule has 0 aliphatic heterocycles. The molecule has 0 aromatic carbocycles. The molecule has 0 fully saturated rings. The normalized spacial score (nSPS) is 15.0. The lowest BCUT2D eigenvalue weighted by Crippen LogP contribution is -2.58. The van der Waals surface area contributed by atoms with E-state index >= 15 is 0 Å².